The molecule has 2 rings (SSSR count). The summed E-state index contributed by atoms with van der Waals surface area (Å²) in [5, 5.41) is 12.3. The van der Waals surface area contributed by atoms with E-state index in [9.17, 15) is 9.90 Å². The van der Waals surface area contributed by atoms with E-state index in [-0.39, 0.29) is 11.7 Å². The number of carbonyl (C=O) groups is 1. The molecule has 2 N–H and O–H groups in total. The van der Waals surface area contributed by atoms with Crippen molar-refractivity contribution in [1.82, 2.24) is 0 Å². The molecule has 4 heteroatoms. The molecular weight excluding hydrogens is 266 g/mol. The maximum atomic E-state index is 11.9. The minimum absolute atomic E-state index is 0.0451. The summed E-state index contributed by atoms with van der Waals surface area (Å²) in [6, 6.07) is 12.4. The van der Waals surface area contributed by atoms with Gasteiger partial charge in [0, 0.05) is 6.08 Å². The van der Waals surface area contributed by atoms with Crippen LogP contribution in [0.4, 0.5) is 5.69 Å². The molecule has 4 nitrogen and oxygen atoms in total. The van der Waals surface area contributed by atoms with Crippen molar-refractivity contribution < 1.29 is 14.6 Å². The zero-order chi connectivity index (χ0) is 15.2. The molecule has 0 aliphatic heterocycles. The summed E-state index contributed by atoms with van der Waals surface area (Å²) in [6.45, 7) is 1.89. The minimum Gasteiger partial charge on any atom is -0.506 e. The van der Waals surface area contributed by atoms with E-state index in [0.29, 0.717) is 5.69 Å². The normalized spacial score (nSPS) is 10.6. The van der Waals surface area contributed by atoms with Crippen LogP contribution in [0.25, 0.3) is 6.08 Å². The lowest BCUT2D eigenvalue weighted by molar-refractivity contribution is -0.111. The number of hydrogen-bond donors (Lipinski definition) is 2. The van der Waals surface area contributed by atoms with Crippen molar-refractivity contribution in [2.24, 2.45) is 0 Å². The molecule has 0 spiro atoms. The molecule has 0 heterocycles. The Labute approximate surface area is 123 Å². The molecule has 0 unspecified atom stereocenters. The van der Waals surface area contributed by atoms with Gasteiger partial charge in [-0.25, -0.2) is 0 Å². The fourth-order valence-corrected chi connectivity index (χ4v) is 1.84. The first-order valence-corrected chi connectivity index (χ1v) is 6.51. The Bertz CT molecular complexity index is 677. The molecule has 21 heavy (non-hydrogen) atoms. The number of hydrogen-bond acceptors (Lipinski definition) is 3. The van der Waals surface area contributed by atoms with Crippen molar-refractivity contribution >= 4 is 17.7 Å². The van der Waals surface area contributed by atoms with Crippen molar-refractivity contribution in [2.75, 3.05) is 12.4 Å². The monoisotopic (exact) mass is 283 g/mol. The van der Waals surface area contributed by atoms with Gasteiger partial charge in [0.25, 0.3) is 0 Å². The topological polar surface area (TPSA) is 58.6 Å². The number of aryl methyl sites for hydroxylation is 1. The summed E-state index contributed by atoms with van der Waals surface area (Å²) in [5.41, 5.74) is 2.22. The molecule has 0 fully saturated rings. The summed E-state index contributed by atoms with van der Waals surface area (Å²) >= 11 is 0. The number of nitrogens with one attached hydrogen (secondary N) is 1. The van der Waals surface area contributed by atoms with E-state index in [1.54, 1.807) is 31.4 Å². The Hall–Kier alpha value is -2.75. The quantitative estimate of drug-likeness (QED) is 0.668. The predicted molar refractivity (Wildman–Crippen MR) is 83.5 cm³/mol. The number of phenolic OH excluding ortho intramolecular Hbond substituents is 1. The third kappa shape index (κ3) is 4.11. The van der Waals surface area contributed by atoms with Crippen LogP contribution in [0.1, 0.15) is 11.1 Å². The second-order valence-corrected chi connectivity index (χ2v) is 4.62. The van der Waals surface area contributed by atoms with Gasteiger partial charge in [0.15, 0.2) is 0 Å². The third-order valence-electron chi connectivity index (χ3n) is 2.93. The van der Waals surface area contributed by atoms with Gasteiger partial charge in [0.05, 0.1) is 12.8 Å². The van der Waals surface area contributed by atoms with Crippen molar-refractivity contribution in [3.63, 3.8) is 0 Å². The Morgan fingerprint density at radius 3 is 2.81 bits per heavy atom. The summed E-state index contributed by atoms with van der Waals surface area (Å²) < 4.78 is 5.12. The number of phenols is 1. The molecule has 0 saturated heterocycles. The average Bonchev–Trinajstić information content (AvgIpc) is 2.49. The van der Waals surface area contributed by atoms with Crippen LogP contribution in [0, 0.1) is 6.92 Å². The highest BCUT2D eigenvalue weighted by Crippen LogP contribution is 2.23. The number of ether oxygens (including phenoxy) is 1. The second-order valence-electron chi connectivity index (χ2n) is 4.62. The molecule has 0 aliphatic rings. The number of aromatic hydroxyl groups is 1. The zero-order valence-corrected chi connectivity index (χ0v) is 12.0. The van der Waals surface area contributed by atoms with Gasteiger partial charge in [0.1, 0.15) is 11.5 Å². The van der Waals surface area contributed by atoms with E-state index >= 15 is 0 Å². The number of carbonyl (C=O) groups excluding carboxylic acids is 1. The molecule has 108 valence electrons. The van der Waals surface area contributed by atoms with Gasteiger partial charge in [-0.15, -0.1) is 0 Å². The molecule has 2 aromatic rings. The Balaban J connectivity index is 2.07. The van der Waals surface area contributed by atoms with E-state index in [2.05, 4.69) is 5.32 Å². The molecule has 0 aliphatic carbocycles. The van der Waals surface area contributed by atoms with E-state index < -0.39 is 0 Å². The van der Waals surface area contributed by atoms with Gasteiger partial charge >= 0.3 is 0 Å². The maximum absolute atomic E-state index is 11.9. The first kappa shape index (κ1) is 14.7. The molecule has 0 atom stereocenters. The van der Waals surface area contributed by atoms with Crippen LogP contribution >= 0.6 is 0 Å². The summed E-state index contributed by atoms with van der Waals surface area (Å²) in [5.74, 6) is 0.469. The highest BCUT2D eigenvalue weighted by molar-refractivity contribution is 6.02. The van der Waals surface area contributed by atoms with Crippen LogP contribution in [0.2, 0.25) is 0 Å². The minimum atomic E-state index is -0.307. The average molecular weight is 283 g/mol. The highest BCUT2D eigenvalue weighted by Gasteiger charge is 2.04. The first-order valence-electron chi connectivity index (χ1n) is 6.51. The van der Waals surface area contributed by atoms with Crippen molar-refractivity contribution in [3.05, 3.63) is 59.7 Å². The van der Waals surface area contributed by atoms with Crippen LogP contribution < -0.4 is 10.1 Å². The molecule has 2 aromatic carbocycles. The largest absolute Gasteiger partial charge is 0.506 e. The summed E-state index contributed by atoms with van der Waals surface area (Å²) in [7, 11) is 1.59. The molecule has 0 bridgehead atoms. The van der Waals surface area contributed by atoms with Crippen LogP contribution in [0.3, 0.4) is 0 Å². The van der Waals surface area contributed by atoms with Crippen molar-refractivity contribution in [2.45, 2.75) is 6.92 Å². The van der Waals surface area contributed by atoms with Gasteiger partial charge < -0.3 is 15.2 Å². The Morgan fingerprint density at radius 1 is 1.24 bits per heavy atom. The van der Waals surface area contributed by atoms with Gasteiger partial charge in [-0.1, -0.05) is 18.2 Å². The number of anilines is 1. The standard InChI is InChI=1S/C17H17NO3/c1-12-6-8-16(19)15(10-12)18-17(20)9-7-13-4-3-5-14(11-13)21-2/h3-11,19H,1-2H3,(H,18,20)/b9-7+. The molecule has 0 aromatic heterocycles. The SMILES string of the molecule is COc1cccc(/C=C/C(=O)Nc2cc(C)ccc2O)c1. The van der Waals surface area contributed by atoms with E-state index in [1.807, 2.05) is 31.2 Å². The van der Waals surface area contributed by atoms with Gasteiger partial charge in [0.2, 0.25) is 5.91 Å². The first-order chi connectivity index (χ1) is 10.1. The van der Waals surface area contributed by atoms with Gasteiger partial charge in [-0.2, -0.15) is 0 Å². The summed E-state index contributed by atoms with van der Waals surface area (Å²) in [4.78, 5) is 11.9. The second kappa shape index (κ2) is 6.61. The maximum Gasteiger partial charge on any atom is 0.248 e. The molecular formula is C17H17NO3. The van der Waals surface area contributed by atoms with E-state index in [4.69, 9.17) is 4.74 Å². The van der Waals surface area contributed by atoms with Gasteiger partial charge in [-0.3, -0.25) is 4.79 Å². The van der Waals surface area contributed by atoms with Gasteiger partial charge in [-0.05, 0) is 48.4 Å². The number of methoxy groups -OCH3 is 1. The van der Waals surface area contributed by atoms with Crippen molar-refractivity contribution in [1.29, 1.82) is 0 Å². The fourth-order valence-electron chi connectivity index (χ4n) is 1.84. The lowest BCUT2D eigenvalue weighted by atomic mass is 10.2. The van der Waals surface area contributed by atoms with E-state index in [1.165, 1.54) is 6.08 Å². The third-order valence-corrected chi connectivity index (χ3v) is 2.93. The fraction of sp³-hybridized carbons (Fsp3) is 0.118. The summed E-state index contributed by atoms with van der Waals surface area (Å²) in [6.07, 6.45) is 3.10. The van der Waals surface area contributed by atoms with Crippen molar-refractivity contribution in [3.8, 4) is 11.5 Å². The smallest absolute Gasteiger partial charge is 0.248 e. The Morgan fingerprint density at radius 2 is 2.05 bits per heavy atom. The van der Waals surface area contributed by atoms with Crippen LogP contribution in [-0.2, 0) is 4.79 Å². The highest BCUT2D eigenvalue weighted by atomic mass is 16.5. The van der Waals surface area contributed by atoms with Crippen LogP contribution in [0.15, 0.2) is 48.5 Å². The Kier molecular flexibility index (Phi) is 4.61. The van der Waals surface area contributed by atoms with E-state index in [0.717, 1.165) is 16.9 Å². The lowest BCUT2D eigenvalue weighted by Gasteiger charge is -2.06. The zero-order valence-electron chi connectivity index (χ0n) is 12.0. The number of amides is 1. The molecule has 0 saturated carbocycles. The predicted octanol–water partition coefficient (Wildman–Crippen LogP) is 3.36. The van der Waals surface area contributed by atoms with Crippen LogP contribution in [0.5, 0.6) is 11.5 Å². The molecule has 0 radical (unpaired) electrons. The lowest BCUT2D eigenvalue weighted by Crippen LogP contribution is -2.08. The molecule has 1 amide bonds. The van der Waals surface area contributed by atoms with Crippen LogP contribution in [-0.4, -0.2) is 18.1 Å². The number of benzene rings is 2. The number of rotatable bonds is 4.